The minimum Gasteiger partial charge on any atom is -0.433 e. The van der Waals surface area contributed by atoms with Gasteiger partial charge < -0.3 is 4.74 Å². The topological polar surface area (TPSA) is 43.4 Å². The molecule has 1 aromatic carbocycles. The van der Waals surface area contributed by atoms with Crippen LogP contribution < -0.4 is 4.74 Å². The van der Waals surface area contributed by atoms with E-state index in [0.717, 1.165) is 0 Å². The predicted molar refractivity (Wildman–Crippen MR) is 43.8 cm³/mol. The molecule has 1 aromatic rings. The lowest BCUT2D eigenvalue weighted by atomic mass is 10.1. The van der Waals surface area contributed by atoms with Crippen LogP contribution >= 0.6 is 0 Å². The number of carbonyl (C=O) groups excluding carboxylic acids is 2. The fourth-order valence-electron chi connectivity index (χ4n) is 1.04. The van der Waals surface area contributed by atoms with E-state index in [1.807, 2.05) is 0 Å². The van der Waals surface area contributed by atoms with Crippen molar-refractivity contribution in [2.45, 2.75) is 6.61 Å². The summed E-state index contributed by atoms with van der Waals surface area (Å²) in [6.45, 7) is -3.19. The van der Waals surface area contributed by atoms with Crippen molar-refractivity contribution < 1.29 is 27.5 Å². The zero-order valence-electron chi connectivity index (χ0n) is 7.25. The molecule has 0 amide bonds. The normalized spacial score (nSPS) is 10.1. The van der Waals surface area contributed by atoms with Crippen LogP contribution in [0.4, 0.5) is 13.2 Å². The van der Waals surface area contributed by atoms with Gasteiger partial charge in [-0.15, -0.1) is 0 Å². The van der Waals surface area contributed by atoms with Gasteiger partial charge in [-0.05, 0) is 12.1 Å². The average Bonchev–Trinajstić information content (AvgIpc) is 2.19. The van der Waals surface area contributed by atoms with Crippen molar-refractivity contribution in [1.29, 1.82) is 0 Å². The molecular formula is C9H5F3O3. The van der Waals surface area contributed by atoms with Crippen molar-refractivity contribution in [1.82, 2.24) is 0 Å². The van der Waals surface area contributed by atoms with Crippen molar-refractivity contribution in [3.05, 3.63) is 29.1 Å². The number of alkyl halides is 2. The summed E-state index contributed by atoms with van der Waals surface area (Å²) in [7, 11) is 0. The Labute approximate surface area is 82.5 Å². The van der Waals surface area contributed by atoms with Crippen molar-refractivity contribution >= 4 is 12.6 Å². The van der Waals surface area contributed by atoms with E-state index in [-0.39, 0.29) is 12.6 Å². The van der Waals surface area contributed by atoms with E-state index < -0.39 is 29.3 Å². The second-order valence-electron chi connectivity index (χ2n) is 2.53. The smallest absolute Gasteiger partial charge is 0.387 e. The molecule has 0 radical (unpaired) electrons. The molecule has 0 aliphatic rings. The maximum absolute atomic E-state index is 12.8. The number of benzene rings is 1. The number of halogens is 3. The molecule has 0 N–H and O–H groups in total. The minimum absolute atomic E-state index is 0.133. The molecule has 0 aliphatic carbocycles. The molecule has 15 heavy (non-hydrogen) atoms. The number of hydrogen-bond acceptors (Lipinski definition) is 3. The van der Waals surface area contributed by atoms with Gasteiger partial charge in [-0.3, -0.25) is 9.59 Å². The first-order valence-corrected chi connectivity index (χ1v) is 3.77. The Morgan fingerprint density at radius 2 is 1.60 bits per heavy atom. The van der Waals surface area contributed by atoms with E-state index in [2.05, 4.69) is 4.74 Å². The Kier molecular flexibility index (Phi) is 3.43. The van der Waals surface area contributed by atoms with E-state index in [4.69, 9.17) is 0 Å². The zero-order valence-corrected chi connectivity index (χ0v) is 7.25. The summed E-state index contributed by atoms with van der Waals surface area (Å²) in [4.78, 5) is 20.8. The van der Waals surface area contributed by atoms with Gasteiger partial charge in [0, 0.05) is 0 Å². The molecule has 0 saturated carbocycles. The molecule has 0 heterocycles. The summed E-state index contributed by atoms with van der Waals surface area (Å²) in [6, 6.07) is 1.41. The quantitative estimate of drug-likeness (QED) is 0.726. The van der Waals surface area contributed by atoms with Crippen molar-refractivity contribution in [3.8, 4) is 5.75 Å². The lowest BCUT2D eigenvalue weighted by Crippen LogP contribution is -2.07. The van der Waals surface area contributed by atoms with Gasteiger partial charge in [0.1, 0.15) is 11.6 Å². The first-order valence-electron chi connectivity index (χ1n) is 3.77. The standard InChI is InChI=1S/C9H5F3O3/c10-7-1-5(3-13)8(15-9(11)12)6(2-7)4-14/h1-4,9H. The number of hydrogen-bond donors (Lipinski definition) is 0. The van der Waals surface area contributed by atoms with Crippen LogP contribution in [0.3, 0.4) is 0 Å². The Bertz CT molecular complexity index is 361. The van der Waals surface area contributed by atoms with E-state index in [9.17, 15) is 22.8 Å². The lowest BCUT2D eigenvalue weighted by Gasteiger charge is -2.09. The molecule has 80 valence electrons. The van der Waals surface area contributed by atoms with Crippen LogP contribution in [0.1, 0.15) is 20.7 Å². The second-order valence-corrected chi connectivity index (χ2v) is 2.53. The van der Waals surface area contributed by atoms with E-state index in [1.54, 1.807) is 0 Å². The summed E-state index contributed by atoms with van der Waals surface area (Å²) in [6.07, 6.45) is 0.265. The largest absolute Gasteiger partial charge is 0.433 e. The Balaban J connectivity index is 3.29. The molecule has 0 unspecified atom stereocenters. The third-order valence-corrected chi connectivity index (χ3v) is 1.57. The highest BCUT2D eigenvalue weighted by Crippen LogP contribution is 2.24. The first kappa shape index (κ1) is 11.2. The summed E-state index contributed by atoms with van der Waals surface area (Å²) >= 11 is 0. The molecule has 0 saturated heterocycles. The number of ether oxygens (including phenoxy) is 1. The highest BCUT2D eigenvalue weighted by Gasteiger charge is 2.15. The van der Waals surface area contributed by atoms with E-state index in [1.165, 1.54) is 0 Å². The summed E-state index contributed by atoms with van der Waals surface area (Å²) in [5, 5.41) is 0. The number of rotatable bonds is 4. The van der Waals surface area contributed by atoms with Crippen LogP contribution in [0, 0.1) is 5.82 Å². The van der Waals surface area contributed by atoms with Gasteiger partial charge in [0.2, 0.25) is 0 Å². The molecular weight excluding hydrogens is 213 g/mol. The van der Waals surface area contributed by atoms with Gasteiger partial charge in [0.25, 0.3) is 0 Å². The first-order chi connectivity index (χ1) is 7.08. The van der Waals surface area contributed by atoms with Crippen molar-refractivity contribution in [2.24, 2.45) is 0 Å². The fraction of sp³-hybridized carbons (Fsp3) is 0.111. The minimum atomic E-state index is -3.19. The summed E-state index contributed by atoms with van der Waals surface area (Å²) in [5.74, 6) is -1.49. The molecule has 3 nitrogen and oxygen atoms in total. The average molecular weight is 218 g/mol. The molecule has 0 spiro atoms. The zero-order chi connectivity index (χ0) is 11.4. The summed E-state index contributed by atoms with van der Waals surface area (Å²) in [5.41, 5.74) is -0.866. The SMILES string of the molecule is O=Cc1cc(F)cc(C=O)c1OC(F)F. The summed E-state index contributed by atoms with van der Waals surface area (Å²) < 4.78 is 40.5. The van der Waals surface area contributed by atoms with Gasteiger partial charge in [0.15, 0.2) is 12.6 Å². The molecule has 0 fully saturated rings. The predicted octanol–water partition coefficient (Wildman–Crippen LogP) is 2.05. The highest BCUT2D eigenvalue weighted by atomic mass is 19.3. The molecule has 0 atom stereocenters. The Hall–Kier alpha value is -1.85. The molecule has 0 bridgehead atoms. The van der Waals surface area contributed by atoms with Crippen LogP contribution in [-0.2, 0) is 0 Å². The number of aldehydes is 2. The van der Waals surface area contributed by atoms with Crippen LogP contribution in [0.2, 0.25) is 0 Å². The van der Waals surface area contributed by atoms with Gasteiger partial charge in [-0.25, -0.2) is 4.39 Å². The Morgan fingerprint density at radius 3 is 1.93 bits per heavy atom. The number of carbonyl (C=O) groups is 2. The fourth-order valence-corrected chi connectivity index (χ4v) is 1.04. The van der Waals surface area contributed by atoms with Crippen molar-refractivity contribution in [3.63, 3.8) is 0 Å². The maximum Gasteiger partial charge on any atom is 0.387 e. The highest BCUT2D eigenvalue weighted by molar-refractivity contribution is 5.88. The maximum atomic E-state index is 12.8. The van der Waals surface area contributed by atoms with E-state index in [0.29, 0.717) is 12.1 Å². The van der Waals surface area contributed by atoms with Gasteiger partial charge in [-0.1, -0.05) is 0 Å². The Morgan fingerprint density at radius 1 is 1.13 bits per heavy atom. The monoisotopic (exact) mass is 218 g/mol. The van der Waals surface area contributed by atoms with Crippen LogP contribution in [0.5, 0.6) is 5.75 Å². The van der Waals surface area contributed by atoms with Gasteiger partial charge >= 0.3 is 6.61 Å². The lowest BCUT2D eigenvalue weighted by molar-refractivity contribution is -0.0503. The van der Waals surface area contributed by atoms with E-state index >= 15 is 0 Å². The molecule has 0 aliphatic heterocycles. The third-order valence-electron chi connectivity index (χ3n) is 1.57. The second kappa shape index (κ2) is 4.59. The molecule has 1 rings (SSSR count). The van der Waals surface area contributed by atoms with Crippen LogP contribution in [-0.4, -0.2) is 19.2 Å². The van der Waals surface area contributed by atoms with Gasteiger partial charge in [0.05, 0.1) is 11.1 Å². The van der Waals surface area contributed by atoms with Crippen LogP contribution in [0.15, 0.2) is 12.1 Å². The van der Waals surface area contributed by atoms with Crippen LogP contribution in [0.25, 0.3) is 0 Å². The molecule has 6 heteroatoms. The molecule has 0 aromatic heterocycles. The van der Waals surface area contributed by atoms with Gasteiger partial charge in [-0.2, -0.15) is 8.78 Å². The van der Waals surface area contributed by atoms with Crippen molar-refractivity contribution in [2.75, 3.05) is 0 Å². The third kappa shape index (κ3) is 2.55.